The van der Waals surface area contributed by atoms with Crippen LogP contribution in [0.1, 0.15) is 70.3 Å². The largest absolute Gasteiger partial charge is 0.303 e. The Bertz CT molecular complexity index is 538. The van der Waals surface area contributed by atoms with E-state index in [1.165, 1.54) is 32.1 Å². The van der Waals surface area contributed by atoms with E-state index in [0.29, 0.717) is 18.8 Å². The molecule has 1 unspecified atom stereocenters. The highest BCUT2D eigenvalue weighted by Gasteiger charge is 2.27. The van der Waals surface area contributed by atoms with Gasteiger partial charge in [-0.15, -0.1) is 0 Å². The van der Waals surface area contributed by atoms with Gasteiger partial charge in [0.05, 0.1) is 0 Å². The zero-order valence-electron chi connectivity index (χ0n) is 15.5. The van der Waals surface area contributed by atoms with Crippen LogP contribution in [0.2, 0.25) is 0 Å². The van der Waals surface area contributed by atoms with Gasteiger partial charge in [0.15, 0.2) is 5.78 Å². The van der Waals surface area contributed by atoms with Crippen molar-refractivity contribution >= 4 is 18.1 Å². The lowest BCUT2D eigenvalue weighted by molar-refractivity contribution is -0.116. The molecule has 1 aromatic rings. The summed E-state index contributed by atoms with van der Waals surface area (Å²) >= 11 is 0. The van der Waals surface area contributed by atoms with Gasteiger partial charge in [-0.05, 0) is 42.7 Å². The highest BCUT2D eigenvalue weighted by atomic mass is 16.1. The quantitative estimate of drug-likeness (QED) is 0.395. The first-order chi connectivity index (χ1) is 12.2. The number of benzene rings is 1. The van der Waals surface area contributed by atoms with Gasteiger partial charge in [0.1, 0.15) is 6.29 Å². The average Bonchev–Trinajstić information content (AvgIpc) is 2.67. The Labute approximate surface area is 152 Å². The van der Waals surface area contributed by atoms with Crippen LogP contribution in [0.3, 0.4) is 0 Å². The number of hydrogen-bond acceptors (Lipinski definition) is 2. The predicted octanol–water partition coefficient (Wildman–Crippen LogP) is 5.86. The maximum Gasteiger partial charge on any atom is 0.155 e. The molecule has 1 aliphatic carbocycles. The lowest BCUT2D eigenvalue weighted by Crippen LogP contribution is -2.23. The molecular formula is C23H32O2. The van der Waals surface area contributed by atoms with Gasteiger partial charge >= 0.3 is 0 Å². The summed E-state index contributed by atoms with van der Waals surface area (Å²) < 4.78 is 0. The van der Waals surface area contributed by atoms with Gasteiger partial charge in [0.2, 0.25) is 0 Å². The summed E-state index contributed by atoms with van der Waals surface area (Å²) in [7, 11) is 0. The van der Waals surface area contributed by atoms with E-state index < -0.39 is 0 Å². The molecule has 2 heteroatoms. The molecule has 0 bridgehead atoms. The zero-order chi connectivity index (χ0) is 17.9. The van der Waals surface area contributed by atoms with Crippen LogP contribution >= 0.6 is 0 Å². The van der Waals surface area contributed by atoms with Crippen molar-refractivity contribution in [3.8, 4) is 0 Å². The van der Waals surface area contributed by atoms with Crippen LogP contribution in [0, 0.1) is 17.8 Å². The van der Waals surface area contributed by atoms with Crippen molar-refractivity contribution in [3.05, 3.63) is 42.0 Å². The summed E-state index contributed by atoms with van der Waals surface area (Å²) in [5, 5.41) is 0. The molecule has 1 aromatic carbocycles. The van der Waals surface area contributed by atoms with Crippen molar-refractivity contribution in [3.63, 3.8) is 0 Å². The summed E-state index contributed by atoms with van der Waals surface area (Å²) in [6, 6.07) is 9.85. The second-order valence-electron chi connectivity index (χ2n) is 7.47. The lowest BCUT2D eigenvalue weighted by atomic mass is 9.73. The summed E-state index contributed by atoms with van der Waals surface area (Å²) in [4.78, 5) is 23.6. The molecule has 0 aromatic heterocycles. The van der Waals surface area contributed by atoms with Gasteiger partial charge in [-0.3, -0.25) is 4.79 Å². The van der Waals surface area contributed by atoms with Crippen molar-refractivity contribution in [2.75, 3.05) is 0 Å². The number of hydrogen-bond donors (Lipinski definition) is 0. The van der Waals surface area contributed by atoms with Crippen molar-refractivity contribution in [1.29, 1.82) is 0 Å². The number of carbonyl (C=O) groups is 2. The van der Waals surface area contributed by atoms with Crippen molar-refractivity contribution in [2.45, 2.75) is 64.7 Å². The van der Waals surface area contributed by atoms with Gasteiger partial charge in [0.25, 0.3) is 0 Å². The average molecular weight is 341 g/mol. The van der Waals surface area contributed by atoms with E-state index >= 15 is 0 Å². The SMILES string of the molecule is CCCCC1CCC(C(C=O)CCC(=O)C=Cc2ccccc2)CC1. The third kappa shape index (κ3) is 6.97. The predicted molar refractivity (Wildman–Crippen MR) is 104 cm³/mol. The van der Waals surface area contributed by atoms with Crippen LogP contribution in [0.5, 0.6) is 0 Å². The first-order valence-electron chi connectivity index (χ1n) is 9.94. The van der Waals surface area contributed by atoms with Crippen LogP contribution in [-0.2, 0) is 9.59 Å². The molecule has 2 nitrogen and oxygen atoms in total. The fourth-order valence-corrected chi connectivity index (χ4v) is 3.96. The summed E-state index contributed by atoms with van der Waals surface area (Å²) in [6.45, 7) is 2.25. The molecule has 0 heterocycles. The Kier molecular flexibility index (Phi) is 8.65. The van der Waals surface area contributed by atoms with Crippen LogP contribution in [0.15, 0.2) is 36.4 Å². The minimum absolute atomic E-state index is 0.0567. The van der Waals surface area contributed by atoms with Crippen LogP contribution in [0.4, 0.5) is 0 Å². The van der Waals surface area contributed by atoms with Crippen LogP contribution in [-0.4, -0.2) is 12.1 Å². The second kappa shape index (κ2) is 11.0. The van der Waals surface area contributed by atoms with E-state index in [2.05, 4.69) is 6.92 Å². The fraction of sp³-hybridized carbons (Fsp3) is 0.565. The van der Waals surface area contributed by atoms with Gasteiger partial charge in [-0.1, -0.05) is 75.4 Å². The molecule has 136 valence electrons. The standard InChI is InChI=1S/C23H32O2/c1-2-3-7-20-10-13-21(14-11-20)22(18-24)15-17-23(25)16-12-19-8-5-4-6-9-19/h4-6,8-9,12,16,18,20-22H,2-3,7,10-11,13-15,17H2,1H3. The summed E-state index contributed by atoms with van der Waals surface area (Å²) in [5.74, 6) is 1.52. The van der Waals surface area contributed by atoms with Crippen LogP contribution < -0.4 is 0 Å². The molecule has 1 fully saturated rings. The number of carbonyl (C=O) groups excluding carboxylic acids is 2. The number of aldehydes is 1. The first kappa shape index (κ1) is 19.6. The van der Waals surface area contributed by atoms with Gasteiger partial charge in [0, 0.05) is 12.3 Å². The number of allylic oxidation sites excluding steroid dienone is 1. The third-order valence-corrected chi connectivity index (χ3v) is 5.62. The van der Waals surface area contributed by atoms with E-state index in [4.69, 9.17) is 0 Å². The van der Waals surface area contributed by atoms with Crippen molar-refractivity contribution < 1.29 is 9.59 Å². The highest BCUT2D eigenvalue weighted by Crippen LogP contribution is 2.36. The van der Waals surface area contributed by atoms with Gasteiger partial charge in [-0.25, -0.2) is 0 Å². The Morgan fingerprint density at radius 2 is 1.88 bits per heavy atom. The Balaban J connectivity index is 1.74. The zero-order valence-corrected chi connectivity index (χ0v) is 15.5. The normalized spacial score (nSPS) is 22.0. The molecule has 0 N–H and O–H groups in total. The van der Waals surface area contributed by atoms with E-state index in [-0.39, 0.29) is 11.7 Å². The molecule has 1 atom stereocenters. The highest BCUT2D eigenvalue weighted by molar-refractivity contribution is 5.93. The Morgan fingerprint density at radius 3 is 2.52 bits per heavy atom. The van der Waals surface area contributed by atoms with Crippen molar-refractivity contribution in [2.24, 2.45) is 17.8 Å². The summed E-state index contributed by atoms with van der Waals surface area (Å²) in [6.07, 6.45) is 14.6. The first-order valence-corrected chi connectivity index (χ1v) is 9.94. The van der Waals surface area contributed by atoms with Crippen molar-refractivity contribution in [1.82, 2.24) is 0 Å². The lowest BCUT2D eigenvalue weighted by Gasteiger charge is -2.31. The number of unbranched alkanes of at least 4 members (excludes halogenated alkanes) is 1. The molecular weight excluding hydrogens is 308 g/mol. The maximum atomic E-state index is 12.1. The minimum atomic E-state index is 0.0567. The van der Waals surface area contributed by atoms with E-state index in [1.807, 2.05) is 36.4 Å². The molecule has 0 saturated heterocycles. The van der Waals surface area contributed by atoms with E-state index in [0.717, 1.165) is 30.6 Å². The molecule has 1 saturated carbocycles. The second-order valence-corrected chi connectivity index (χ2v) is 7.47. The topological polar surface area (TPSA) is 34.1 Å². The molecule has 0 spiro atoms. The molecule has 0 amide bonds. The minimum Gasteiger partial charge on any atom is -0.303 e. The van der Waals surface area contributed by atoms with E-state index in [9.17, 15) is 9.59 Å². The molecule has 2 rings (SSSR count). The molecule has 0 radical (unpaired) electrons. The third-order valence-electron chi connectivity index (χ3n) is 5.62. The van der Waals surface area contributed by atoms with Gasteiger partial charge in [-0.2, -0.15) is 0 Å². The van der Waals surface area contributed by atoms with Crippen LogP contribution in [0.25, 0.3) is 6.08 Å². The number of ketones is 1. The number of rotatable bonds is 10. The fourth-order valence-electron chi connectivity index (χ4n) is 3.96. The Morgan fingerprint density at radius 1 is 1.16 bits per heavy atom. The smallest absolute Gasteiger partial charge is 0.155 e. The monoisotopic (exact) mass is 340 g/mol. The van der Waals surface area contributed by atoms with E-state index in [1.54, 1.807) is 6.08 Å². The molecule has 25 heavy (non-hydrogen) atoms. The molecule has 1 aliphatic rings. The maximum absolute atomic E-state index is 12.1. The van der Waals surface area contributed by atoms with Gasteiger partial charge < -0.3 is 4.79 Å². The molecule has 0 aliphatic heterocycles. The summed E-state index contributed by atoms with van der Waals surface area (Å²) in [5.41, 5.74) is 1.04. The Hall–Kier alpha value is -1.70.